The van der Waals surface area contributed by atoms with E-state index in [0.29, 0.717) is 18.7 Å². The lowest BCUT2D eigenvalue weighted by molar-refractivity contribution is -0.120. The third-order valence-electron chi connectivity index (χ3n) is 4.50. The fraction of sp³-hybridized carbons (Fsp3) is 0.316. The molecule has 1 atom stereocenters. The molecule has 1 amide bonds. The van der Waals surface area contributed by atoms with Gasteiger partial charge < -0.3 is 5.32 Å². The Bertz CT molecular complexity index is 880. The standard InChI is InChI=1S/C19H21BrN2O3S/c1-14-5-9-16(10-6-14)21-19(23)18-4-2-3-13-22(18)26(24,25)17-11-7-15(20)8-12-17/h5-12,18H,2-4,13H2,1H3,(H,21,23)/t18-/m0/s1. The average molecular weight is 437 g/mol. The van der Waals surface area contributed by atoms with Crippen molar-refractivity contribution in [3.05, 3.63) is 58.6 Å². The van der Waals surface area contributed by atoms with E-state index >= 15 is 0 Å². The summed E-state index contributed by atoms with van der Waals surface area (Å²) in [5, 5.41) is 2.85. The molecule has 0 bridgehead atoms. The molecule has 26 heavy (non-hydrogen) atoms. The fourth-order valence-corrected chi connectivity index (χ4v) is 4.98. The maximum atomic E-state index is 13.0. The van der Waals surface area contributed by atoms with Gasteiger partial charge in [0.2, 0.25) is 15.9 Å². The number of amides is 1. The molecule has 0 radical (unpaired) electrons. The van der Waals surface area contributed by atoms with Gasteiger partial charge in [0.15, 0.2) is 0 Å². The van der Waals surface area contributed by atoms with E-state index in [4.69, 9.17) is 0 Å². The van der Waals surface area contributed by atoms with Crippen LogP contribution in [0, 0.1) is 6.92 Å². The van der Waals surface area contributed by atoms with E-state index in [2.05, 4.69) is 21.2 Å². The summed E-state index contributed by atoms with van der Waals surface area (Å²) in [6.45, 7) is 2.32. The van der Waals surface area contributed by atoms with E-state index < -0.39 is 16.1 Å². The summed E-state index contributed by atoms with van der Waals surface area (Å²) in [4.78, 5) is 13.0. The van der Waals surface area contributed by atoms with Gasteiger partial charge in [-0.1, -0.05) is 40.0 Å². The SMILES string of the molecule is Cc1ccc(NC(=O)[C@@H]2CCCCN2S(=O)(=O)c2ccc(Br)cc2)cc1. The van der Waals surface area contributed by atoms with Crippen molar-refractivity contribution in [1.82, 2.24) is 4.31 Å². The van der Waals surface area contributed by atoms with Crippen LogP contribution in [-0.2, 0) is 14.8 Å². The first-order valence-corrected chi connectivity index (χ1v) is 10.8. The van der Waals surface area contributed by atoms with Crippen molar-refractivity contribution in [2.45, 2.75) is 37.1 Å². The molecule has 1 N–H and O–H groups in total. The van der Waals surface area contributed by atoms with Crippen molar-refractivity contribution in [2.24, 2.45) is 0 Å². The number of hydrogen-bond donors (Lipinski definition) is 1. The number of nitrogens with one attached hydrogen (secondary N) is 1. The molecular formula is C19H21BrN2O3S. The molecule has 1 fully saturated rings. The molecule has 0 aliphatic carbocycles. The van der Waals surface area contributed by atoms with Crippen LogP contribution in [-0.4, -0.2) is 31.2 Å². The number of carbonyl (C=O) groups excluding carboxylic acids is 1. The highest BCUT2D eigenvalue weighted by Gasteiger charge is 2.37. The number of aryl methyl sites for hydroxylation is 1. The first-order chi connectivity index (χ1) is 12.4. The molecule has 1 heterocycles. The van der Waals surface area contributed by atoms with Crippen LogP contribution >= 0.6 is 15.9 Å². The molecule has 2 aromatic rings. The van der Waals surface area contributed by atoms with E-state index in [1.54, 1.807) is 24.3 Å². The second kappa shape index (κ2) is 7.90. The number of rotatable bonds is 4. The van der Waals surface area contributed by atoms with Crippen LogP contribution in [0.15, 0.2) is 57.9 Å². The first kappa shape index (κ1) is 19.1. The zero-order valence-corrected chi connectivity index (χ0v) is 16.9. The Kier molecular flexibility index (Phi) is 5.79. The molecule has 1 aliphatic rings. The highest BCUT2D eigenvalue weighted by atomic mass is 79.9. The van der Waals surface area contributed by atoms with Gasteiger partial charge in [-0.25, -0.2) is 8.42 Å². The van der Waals surface area contributed by atoms with Crippen molar-refractivity contribution >= 4 is 37.5 Å². The molecule has 1 saturated heterocycles. The topological polar surface area (TPSA) is 66.5 Å². The number of piperidine rings is 1. The van der Waals surface area contributed by atoms with E-state index in [9.17, 15) is 13.2 Å². The number of nitrogens with zero attached hydrogens (tertiary/aromatic N) is 1. The number of benzene rings is 2. The van der Waals surface area contributed by atoms with Gasteiger partial charge in [0.1, 0.15) is 6.04 Å². The lowest BCUT2D eigenvalue weighted by atomic mass is 10.0. The Morgan fingerprint density at radius 3 is 2.38 bits per heavy atom. The second-order valence-electron chi connectivity index (χ2n) is 6.44. The van der Waals surface area contributed by atoms with Crippen LogP contribution in [0.2, 0.25) is 0 Å². The van der Waals surface area contributed by atoms with Crippen molar-refractivity contribution in [1.29, 1.82) is 0 Å². The smallest absolute Gasteiger partial charge is 0.243 e. The first-order valence-electron chi connectivity index (χ1n) is 8.53. The second-order valence-corrected chi connectivity index (χ2v) is 9.24. The molecule has 5 nitrogen and oxygen atoms in total. The monoisotopic (exact) mass is 436 g/mol. The fourth-order valence-electron chi connectivity index (χ4n) is 3.06. The largest absolute Gasteiger partial charge is 0.325 e. The maximum Gasteiger partial charge on any atom is 0.243 e. The van der Waals surface area contributed by atoms with Crippen LogP contribution in [0.3, 0.4) is 0 Å². The molecule has 2 aromatic carbocycles. The minimum absolute atomic E-state index is 0.204. The number of carbonyl (C=O) groups is 1. The van der Waals surface area contributed by atoms with Gasteiger partial charge in [-0.3, -0.25) is 4.79 Å². The predicted molar refractivity (Wildman–Crippen MR) is 105 cm³/mol. The van der Waals surface area contributed by atoms with Gasteiger partial charge in [0, 0.05) is 16.7 Å². The summed E-state index contributed by atoms with van der Waals surface area (Å²) in [7, 11) is -3.72. The quantitative estimate of drug-likeness (QED) is 0.788. The molecule has 7 heteroatoms. The summed E-state index contributed by atoms with van der Waals surface area (Å²) in [6, 6.07) is 13.3. The average Bonchev–Trinajstić information content (AvgIpc) is 2.64. The molecular weight excluding hydrogens is 416 g/mol. The molecule has 1 aliphatic heterocycles. The predicted octanol–water partition coefficient (Wildman–Crippen LogP) is 3.94. The van der Waals surface area contributed by atoms with Crippen LogP contribution in [0.1, 0.15) is 24.8 Å². The van der Waals surface area contributed by atoms with E-state index in [0.717, 1.165) is 22.9 Å². The Balaban J connectivity index is 1.83. The van der Waals surface area contributed by atoms with E-state index in [1.807, 2.05) is 31.2 Å². The molecule has 0 saturated carbocycles. The number of halogens is 1. The van der Waals surface area contributed by atoms with Gasteiger partial charge in [0.05, 0.1) is 4.90 Å². The maximum absolute atomic E-state index is 13.0. The minimum atomic E-state index is -3.72. The van der Waals surface area contributed by atoms with Crippen molar-refractivity contribution in [3.8, 4) is 0 Å². The number of hydrogen-bond acceptors (Lipinski definition) is 3. The van der Waals surface area contributed by atoms with Crippen molar-refractivity contribution in [2.75, 3.05) is 11.9 Å². The van der Waals surface area contributed by atoms with Crippen molar-refractivity contribution in [3.63, 3.8) is 0 Å². The van der Waals surface area contributed by atoms with Crippen LogP contribution < -0.4 is 5.32 Å². The summed E-state index contributed by atoms with van der Waals surface area (Å²) >= 11 is 3.31. The molecule has 138 valence electrons. The summed E-state index contributed by atoms with van der Waals surface area (Å²) in [5.74, 6) is -0.283. The summed E-state index contributed by atoms with van der Waals surface area (Å²) in [5.41, 5.74) is 1.77. The van der Waals surface area contributed by atoms with Gasteiger partial charge in [-0.15, -0.1) is 0 Å². The highest BCUT2D eigenvalue weighted by molar-refractivity contribution is 9.10. The Labute approximate surface area is 162 Å². The summed E-state index contributed by atoms with van der Waals surface area (Å²) < 4.78 is 28.2. The Morgan fingerprint density at radius 1 is 1.08 bits per heavy atom. The molecule has 0 spiro atoms. The summed E-state index contributed by atoms with van der Waals surface area (Å²) in [6.07, 6.45) is 2.11. The van der Waals surface area contributed by atoms with Gasteiger partial charge in [-0.2, -0.15) is 4.31 Å². The highest BCUT2D eigenvalue weighted by Crippen LogP contribution is 2.27. The Morgan fingerprint density at radius 2 is 1.73 bits per heavy atom. The van der Waals surface area contributed by atoms with E-state index in [-0.39, 0.29) is 10.8 Å². The molecule has 3 rings (SSSR count). The van der Waals surface area contributed by atoms with Crippen LogP contribution in [0.25, 0.3) is 0 Å². The van der Waals surface area contributed by atoms with Gasteiger partial charge in [0.25, 0.3) is 0 Å². The van der Waals surface area contributed by atoms with Crippen LogP contribution in [0.4, 0.5) is 5.69 Å². The number of anilines is 1. The van der Waals surface area contributed by atoms with Gasteiger partial charge in [-0.05, 0) is 56.2 Å². The zero-order valence-electron chi connectivity index (χ0n) is 14.5. The minimum Gasteiger partial charge on any atom is -0.325 e. The van der Waals surface area contributed by atoms with Gasteiger partial charge >= 0.3 is 0 Å². The normalized spacial score (nSPS) is 18.5. The number of sulfonamides is 1. The van der Waals surface area contributed by atoms with Crippen LogP contribution in [0.5, 0.6) is 0 Å². The lowest BCUT2D eigenvalue weighted by Gasteiger charge is -2.33. The lowest BCUT2D eigenvalue weighted by Crippen LogP contribution is -2.49. The zero-order chi connectivity index (χ0) is 18.7. The third-order valence-corrected chi connectivity index (χ3v) is 6.95. The Hall–Kier alpha value is -1.70. The van der Waals surface area contributed by atoms with Crippen molar-refractivity contribution < 1.29 is 13.2 Å². The molecule has 0 unspecified atom stereocenters. The third kappa shape index (κ3) is 4.16. The van der Waals surface area contributed by atoms with E-state index in [1.165, 1.54) is 4.31 Å². The molecule has 0 aromatic heterocycles.